The van der Waals surface area contributed by atoms with Crippen LogP contribution in [0.4, 0.5) is 0 Å². The molecule has 0 radical (unpaired) electrons. The van der Waals surface area contributed by atoms with Crippen LogP contribution < -0.4 is 4.18 Å². The lowest BCUT2D eigenvalue weighted by molar-refractivity contribution is 0.199. The van der Waals surface area contributed by atoms with Gasteiger partial charge in [0, 0.05) is 0 Å². The lowest BCUT2D eigenvalue weighted by atomic mass is 10.1. The van der Waals surface area contributed by atoms with E-state index in [0.717, 1.165) is 6.26 Å². The van der Waals surface area contributed by atoms with Crippen molar-refractivity contribution in [3.05, 3.63) is 29.8 Å². The highest BCUT2D eigenvalue weighted by atomic mass is 32.2. The Hall–Kier alpha value is -1.07. The highest BCUT2D eigenvalue weighted by Gasteiger charge is 2.05. The maximum atomic E-state index is 10.7. The molecular formula is C9H12O4S. The van der Waals surface area contributed by atoms with E-state index in [1.54, 1.807) is 19.1 Å². The van der Waals surface area contributed by atoms with Crippen LogP contribution >= 0.6 is 0 Å². The van der Waals surface area contributed by atoms with E-state index in [1.165, 1.54) is 12.1 Å². The molecule has 0 bridgehead atoms. The van der Waals surface area contributed by atoms with Crippen molar-refractivity contribution in [2.45, 2.75) is 13.0 Å². The normalized spacial score (nSPS) is 13.6. The molecule has 0 aliphatic rings. The summed E-state index contributed by atoms with van der Waals surface area (Å²) in [5.74, 6) is 0.247. The molecule has 0 aliphatic heterocycles. The smallest absolute Gasteiger partial charge is 0.306 e. The fourth-order valence-corrected chi connectivity index (χ4v) is 1.44. The van der Waals surface area contributed by atoms with Crippen molar-refractivity contribution in [3.8, 4) is 5.75 Å². The molecular weight excluding hydrogens is 204 g/mol. The predicted molar refractivity (Wildman–Crippen MR) is 52.5 cm³/mol. The molecule has 0 fully saturated rings. The fraction of sp³-hybridized carbons (Fsp3) is 0.333. The number of hydrogen-bond acceptors (Lipinski definition) is 4. The SMILES string of the molecule is CC(O)c1ccc(OS(C)(=O)=O)cc1. The van der Waals surface area contributed by atoms with Gasteiger partial charge in [0.25, 0.3) is 0 Å². The Kier molecular flexibility index (Phi) is 3.13. The molecule has 1 unspecified atom stereocenters. The number of benzene rings is 1. The highest BCUT2D eigenvalue weighted by Crippen LogP contribution is 2.18. The molecule has 1 rings (SSSR count). The van der Waals surface area contributed by atoms with Crippen molar-refractivity contribution in [3.63, 3.8) is 0 Å². The first-order valence-corrected chi connectivity index (χ1v) is 5.87. The summed E-state index contributed by atoms with van der Waals surface area (Å²) in [6, 6.07) is 6.24. The van der Waals surface area contributed by atoms with Crippen LogP contribution in [0.15, 0.2) is 24.3 Å². The molecule has 78 valence electrons. The number of aliphatic hydroxyl groups is 1. The molecule has 1 N–H and O–H groups in total. The molecule has 0 aromatic heterocycles. The average Bonchev–Trinajstić information content (AvgIpc) is 2.02. The Labute approximate surface area is 83.3 Å². The van der Waals surface area contributed by atoms with Crippen LogP contribution in [0.25, 0.3) is 0 Å². The summed E-state index contributed by atoms with van der Waals surface area (Å²) < 4.78 is 26.1. The molecule has 4 nitrogen and oxygen atoms in total. The fourth-order valence-electron chi connectivity index (χ4n) is 0.977. The topological polar surface area (TPSA) is 63.6 Å². The third-order valence-electron chi connectivity index (χ3n) is 1.61. The van der Waals surface area contributed by atoms with Gasteiger partial charge < -0.3 is 9.29 Å². The number of aliphatic hydroxyl groups excluding tert-OH is 1. The summed E-state index contributed by atoms with van der Waals surface area (Å²) in [7, 11) is -3.47. The Balaban J connectivity index is 2.84. The molecule has 1 atom stereocenters. The monoisotopic (exact) mass is 216 g/mol. The standard InChI is InChI=1S/C9H12O4S/c1-7(10)8-3-5-9(6-4-8)13-14(2,11)12/h3-7,10H,1-2H3. The van der Waals surface area contributed by atoms with Crippen molar-refractivity contribution >= 4 is 10.1 Å². The molecule has 0 saturated heterocycles. The van der Waals surface area contributed by atoms with Gasteiger partial charge in [0.2, 0.25) is 0 Å². The van der Waals surface area contributed by atoms with E-state index in [1.807, 2.05) is 0 Å². The van der Waals surface area contributed by atoms with Crippen LogP contribution in [0.5, 0.6) is 5.75 Å². The Morgan fingerprint density at radius 2 is 1.79 bits per heavy atom. The van der Waals surface area contributed by atoms with Crippen LogP contribution in [-0.4, -0.2) is 19.8 Å². The van der Waals surface area contributed by atoms with Gasteiger partial charge in [0.15, 0.2) is 0 Å². The van der Waals surface area contributed by atoms with E-state index < -0.39 is 16.2 Å². The largest absolute Gasteiger partial charge is 0.389 e. The lowest BCUT2D eigenvalue weighted by Gasteiger charge is -2.06. The summed E-state index contributed by atoms with van der Waals surface area (Å²) >= 11 is 0. The van der Waals surface area contributed by atoms with Gasteiger partial charge in [0.05, 0.1) is 12.4 Å². The second-order valence-corrected chi connectivity index (χ2v) is 4.61. The zero-order chi connectivity index (χ0) is 10.8. The first kappa shape index (κ1) is 11.0. The first-order valence-electron chi connectivity index (χ1n) is 4.06. The van der Waals surface area contributed by atoms with Crippen LogP contribution in [-0.2, 0) is 10.1 Å². The van der Waals surface area contributed by atoms with Crippen molar-refractivity contribution in [2.75, 3.05) is 6.26 Å². The quantitative estimate of drug-likeness (QED) is 0.768. The third kappa shape index (κ3) is 3.35. The van der Waals surface area contributed by atoms with Gasteiger partial charge in [0.1, 0.15) is 5.75 Å². The first-order chi connectivity index (χ1) is 6.38. The maximum Gasteiger partial charge on any atom is 0.306 e. The molecule has 14 heavy (non-hydrogen) atoms. The number of rotatable bonds is 3. The van der Waals surface area contributed by atoms with Crippen molar-refractivity contribution < 1.29 is 17.7 Å². The van der Waals surface area contributed by atoms with Gasteiger partial charge in [-0.3, -0.25) is 0 Å². The van der Waals surface area contributed by atoms with Gasteiger partial charge in [-0.1, -0.05) is 12.1 Å². The molecule has 0 spiro atoms. The van der Waals surface area contributed by atoms with Crippen molar-refractivity contribution in [1.82, 2.24) is 0 Å². The minimum absolute atomic E-state index is 0.247. The van der Waals surface area contributed by atoms with E-state index in [9.17, 15) is 13.5 Å². The second-order valence-electron chi connectivity index (χ2n) is 3.03. The van der Waals surface area contributed by atoms with E-state index in [0.29, 0.717) is 5.56 Å². The Bertz CT molecular complexity index is 391. The van der Waals surface area contributed by atoms with Crippen LogP contribution in [0.3, 0.4) is 0 Å². The van der Waals surface area contributed by atoms with Gasteiger partial charge in [-0.05, 0) is 24.6 Å². The molecule has 0 heterocycles. The van der Waals surface area contributed by atoms with Crippen LogP contribution in [0, 0.1) is 0 Å². The minimum atomic E-state index is -3.47. The van der Waals surface area contributed by atoms with Gasteiger partial charge >= 0.3 is 10.1 Å². The van der Waals surface area contributed by atoms with E-state index in [4.69, 9.17) is 0 Å². The average molecular weight is 216 g/mol. The molecule has 0 amide bonds. The molecule has 5 heteroatoms. The van der Waals surface area contributed by atoms with E-state index in [-0.39, 0.29) is 5.75 Å². The zero-order valence-corrected chi connectivity index (χ0v) is 8.78. The van der Waals surface area contributed by atoms with Gasteiger partial charge in [-0.2, -0.15) is 8.42 Å². The summed E-state index contributed by atoms with van der Waals surface area (Å²) in [6.45, 7) is 1.63. The van der Waals surface area contributed by atoms with Crippen molar-refractivity contribution in [2.24, 2.45) is 0 Å². The summed E-state index contributed by atoms with van der Waals surface area (Å²) in [5, 5.41) is 9.19. The molecule has 1 aromatic rings. The summed E-state index contributed by atoms with van der Waals surface area (Å²) in [4.78, 5) is 0. The van der Waals surface area contributed by atoms with Gasteiger partial charge in [-0.15, -0.1) is 0 Å². The third-order valence-corrected chi connectivity index (χ3v) is 2.11. The van der Waals surface area contributed by atoms with Crippen LogP contribution in [0.1, 0.15) is 18.6 Å². The maximum absolute atomic E-state index is 10.7. The van der Waals surface area contributed by atoms with E-state index in [2.05, 4.69) is 4.18 Å². The molecule has 0 saturated carbocycles. The predicted octanol–water partition coefficient (Wildman–Crippen LogP) is 1.08. The zero-order valence-electron chi connectivity index (χ0n) is 7.97. The highest BCUT2D eigenvalue weighted by molar-refractivity contribution is 7.86. The second kappa shape index (κ2) is 3.98. The number of hydrogen-bond donors (Lipinski definition) is 1. The Morgan fingerprint density at radius 1 is 1.29 bits per heavy atom. The molecule has 1 aromatic carbocycles. The van der Waals surface area contributed by atoms with Gasteiger partial charge in [-0.25, -0.2) is 0 Å². The summed E-state index contributed by atoms with van der Waals surface area (Å²) in [5.41, 5.74) is 0.714. The minimum Gasteiger partial charge on any atom is -0.389 e. The molecule has 0 aliphatic carbocycles. The Morgan fingerprint density at radius 3 is 2.14 bits per heavy atom. The lowest BCUT2D eigenvalue weighted by Crippen LogP contribution is -2.05. The van der Waals surface area contributed by atoms with Crippen molar-refractivity contribution in [1.29, 1.82) is 0 Å². The summed E-state index contributed by atoms with van der Waals surface area (Å²) in [6.07, 6.45) is 0.414. The van der Waals surface area contributed by atoms with E-state index >= 15 is 0 Å². The van der Waals surface area contributed by atoms with Crippen LogP contribution in [0.2, 0.25) is 0 Å².